The number of amides is 1. The third-order valence-electron chi connectivity index (χ3n) is 3.92. The second-order valence-electron chi connectivity index (χ2n) is 5.53. The molecule has 0 bridgehead atoms. The van der Waals surface area contributed by atoms with Gasteiger partial charge in [0.2, 0.25) is 5.88 Å². The summed E-state index contributed by atoms with van der Waals surface area (Å²) < 4.78 is -1.18. The molecular weight excluding hydrogens is 347 g/mol. The predicted molar refractivity (Wildman–Crippen MR) is 83.3 cm³/mol. The fraction of sp³-hybridized carbons (Fsp3) is 0.308. The summed E-state index contributed by atoms with van der Waals surface area (Å²) in [5, 5.41) is 28.2. The van der Waals surface area contributed by atoms with Gasteiger partial charge in [0.05, 0.1) is 15.9 Å². The first-order chi connectivity index (χ1) is 10.7. The second kappa shape index (κ2) is 4.90. The van der Waals surface area contributed by atoms with E-state index in [2.05, 4.69) is 15.2 Å². The number of halogens is 2. The number of carbonyl (C=O) groups excluding carboxylic acids is 1. The van der Waals surface area contributed by atoms with E-state index in [0.717, 1.165) is 0 Å². The number of alkyl halides is 2. The Labute approximate surface area is 139 Å². The maximum atomic E-state index is 12.0. The Kier molecular flexibility index (Phi) is 3.35. The van der Waals surface area contributed by atoms with Crippen LogP contribution in [0.25, 0.3) is 10.9 Å². The molecular formula is C13H10Cl2N4O4. The average Bonchev–Trinajstić information content (AvgIpc) is 2.84. The van der Waals surface area contributed by atoms with E-state index in [0.29, 0.717) is 5.52 Å². The lowest BCUT2D eigenvalue weighted by Gasteiger charge is -2.04. The standard InChI is InChI=1S/C13H10Cl2N4O4/c1-12(5-13(12,14)15)11(21)18-17-9-7-4-6(19(22)23)2-3-8(7)16-10(9)20/h2-4,16,20H,5H2,1H3/t12-/m1/s1. The number of nitro benzene ring substituents is 1. The molecule has 3 rings (SSSR count). The van der Waals surface area contributed by atoms with Gasteiger partial charge in [-0.2, -0.15) is 0 Å². The summed E-state index contributed by atoms with van der Waals surface area (Å²) in [5.41, 5.74) is -0.825. The molecule has 1 atom stereocenters. The predicted octanol–water partition coefficient (Wildman–Crippen LogP) is 3.98. The molecule has 1 aliphatic carbocycles. The van der Waals surface area contributed by atoms with Crippen LogP contribution in [0.2, 0.25) is 0 Å². The summed E-state index contributed by atoms with van der Waals surface area (Å²) in [6.07, 6.45) is 0.256. The number of non-ortho nitro benzene ring substituents is 1. The fourth-order valence-corrected chi connectivity index (χ4v) is 2.90. The van der Waals surface area contributed by atoms with E-state index in [4.69, 9.17) is 23.2 Å². The van der Waals surface area contributed by atoms with Gasteiger partial charge in [-0.15, -0.1) is 33.4 Å². The molecule has 10 heteroatoms. The first kappa shape index (κ1) is 15.7. The number of rotatable bonds is 3. The first-order valence-corrected chi connectivity index (χ1v) is 7.24. The number of nitrogens with zero attached hydrogens (tertiary/aromatic N) is 3. The van der Waals surface area contributed by atoms with E-state index in [1.807, 2.05) is 0 Å². The van der Waals surface area contributed by atoms with Crippen molar-refractivity contribution in [1.82, 2.24) is 4.98 Å². The molecule has 1 aromatic heterocycles. The van der Waals surface area contributed by atoms with Crippen molar-refractivity contribution in [2.45, 2.75) is 17.7 Å². The van der Waals surface area contributed by atoms with Crippen molar-refractivity contribution in [2.24, 2.45) is 15.6 Å². The molecule has 1 heterocycles. The summed E-state index contributed by atoms with van der Waals surface area (Å²) >= 11 is 11.8. The molecule has 1 saturated carbocycles. The highest BCUT2D eigenvalue weighted by molar-refractivity contribution is 6.53. The van der Waals surface area contributed by atoms with Crippen molar-refractivity contribution in [1.29, 1.82) is 0 Å². The summed E-state index contributed by atoms with van der Waals surface area (Å²) in [4.78, 5) is 24.9. The van der Waals surface area contributed by atoms with Crippen LogP contribution in [0.1, 0.15) is 13.3 Å². The van der Waals surface area contributed by atoms with Gasteiger partial charge in [-0.1, -0.05) is 0 Å². The lowest BCUT2D eigenvalue weighted by atomic mass is 10.1. The SMILES string of the molecule is C[C@]1(C(=O)N=Nc2c(O)[nH]c3ccc([N+](=O)[O-])cc23)CC1(Cl)Cl. The van der Waals surface area contributed by atoms with Gasteiger partial charge in [0.15, 0.2) is 5.69 Å². The lowest BCUT2D eigenvalue weighted by molar-refractivity contribution is -0.384. The summed E-state index contributed by atoms with van der Waals surface area (Å²) in [6.45, 7) is 1.56. The molecule has 0 spiro atoms. The molecule has 1 aliphatic rings. The van der Waals surface area contributed by atoms with E-state index in [-0.39, 0.29) is 29.1 Å². The Morgan fingerprint density at radius 3 is 2.70 bits per heavy atom. The highest BCUT2D eigenvalue weighted by atomic mass is 35.5. The van der Waals surface area contributed by atoms with Crippen LogP contribution in [-0.2, 0) is 4.79 Å². The number of carbonyl (C=O) groups is 1. The smallest absolute Gasteiger partial charge is 0.273 e. The van der Waals surface area contributed by atoms with Crippen LogP contribution in [0, 0.1) is 15.5 Å². The molecule has 2 aromatic rings. The molecule has 1 fully saturated rings. The summed E-state index contributed by atoms with van der Waals surface area (Å²) in [6, 6.07) is 3.94. The number of H-pyrrole nitrogens is 1. The number of fused-ring (bicyclic) bond motifs is 1. The van der Waals surface area contributed by atoms with Crippen molar-refractivity contribution in [2.75, 3.05) is 0 Å². The number of aromatic amines is 1. The fourth-order valence-electron chi connectivity index (χ4n) is 2.20. The van der Waals surface area contributed by atoms with Gasteiger partial charge in [0.1, 0.15) is 4.33 Å². The van der Waals surface area contributed by atoms with Crippen LogP contribution in [0.15, 0.2) is 28.4 Å². The number of hydrogen-bond acceptors (Lipinski definition) is 5. The molecule has 8 nitrogen and oxygen atoms in total. The zero-order chi connectivity index (χ0) is 17.0. The van der Waals surface area contributed by atoms with Crippen molar-refractivity contribution in [3.8, 4) is 5.88 Å². The topological polar surface area (TPSA) is 121 Å². The average molecular weight is 357 g/mol. The number of benzene rings is 1. The quantitative estimate of drug-likeness (QED) is 0.373. The lowest BCUT2D eigenvalue weighted by Crippen LogP contribution is -2.15. The van der Waals surface area contributed by atoms with Gasteiger partial charge in [-0.25, -0.2) is 0 Å². The van der Waals surface area contributed by atoms with Crippen molar-refractivity contribution >= 4 is 51.4 Å². The zero-order valence-electron chi connectivity index (χ0n) is 11.7. The van der Waals surface area contributed by atoms with Crippen LogP contribution < -0.4 is 0 Å². The third kappa shape index (κ3) is 2.43. The Morgan fingerprint density at radius 1 is 1.48 bits per heavy atom. The van der Waals surface area contributed by atoms with E-state index in [1.165, 1.54) is 18.2 Å². The van der Waals surface area contributed by atoms with Crippen LogP contribution >= 0.6 is 23.2 Å². The minimum Gasteiger partial charge on any atom is -0.493 e. The Morgan fingerprint density at radius 2 is 2.13 bits per heavy atom. The Balaban J connectivity index is 1.98. The van der Waals surface area contributed by atoms with Gasteiger partial charge in [-0.3, -0.25) is 14.9 Å². The van der Waals surface area contributed by atoms with Crippen LogP contribution in [-0.4, -0.2) is 25.3 Å². The van der Waals surface area contributed by atoms with Gasteiger partial charge in [0.25, 0.3) is 11.6 Å². The Hall–Kier alpha value is -2.19. The summed E-state index contributed by atoms with van der Waals surface area (Å²) in [5.74, 6) is -0.970. The highest BCUT2D eigenvalue weighted by Gasteiger charge is 2.68. The molecule has 1 amide bonds. The number of aromatic hydroxyl groups is 1. The molecule has 1 aromatic carbocycles. The minimum absolute atomic E-state index is 0.0592. The van der Waals surface area contributed by atoms with Crippen LogP contribution in [0.3, 0.4) is 0 Å². The number of aromatic nitrogens is 1. The number of nitrogens with one attached hydrogen (secondary N) is 1. The van der Waals surface area contributed by atoms with Gasteiger partial charge in [0, 0.05) is 17.5 Å². The Bertz CT molecular complexity index is 876. The second-order valence-corrected chi connectivity index (χ2v) is 7.01. The van der Waals surface area contributed by atoms with Crippen molar-refractivity contribution < 1.29 is 14.8 Å². The van der Waals surface area contributed by atoms with E-state index >= 15 is 0 Å². The van der Waals surface area contributed by atoms with Crippen LogP contribution in [0.5, 0.6) is 5.88 Å². The molecule has 2 N–H and O–H groups in total. The third-order valence-corrected chi connectivity index (χ3v) is 5.02. The van der Waals surface area contributed by atoms with E-state index < -0.39 is 20.6 Å². The molecule has 23 heavy (non-hydrogen) atoms. The largest absolute Gasteiger partial charge is 0.493 e. The normalized spacial score (nSPS) is 22.6. The van der Waals surface area contributed by atoms with Gasteiger partial charge >= 0.3 is 0 Å². The van der Waals surface area contributed by atoms with Crippen molar-refractivity contribution in [3.63, 3.8) is 0 Å². The molecule has 0 radical (unpaired) electrons. The maximum absolute atomic E-state index is 12.0. The molecule has 0 unspecified atom stereocenters. The highest BCUT2D eigenvalue weighted by Crippen LogP contribution is 2.64. The van der Waals surface area contributed by atoms with Gasteiger partial charge < -0.3 is 10.1 Å². The maximum Gasteiger partial charge on any atom is 0.273 e. The van der Waals surface area contributed by atoms with Crippen molar-refractivity contribution in [3.05, 3.63) is 28.3 Å². The van der Waals surface area contributed by atoms with E-state index in [9.17, 15) is 20.0 Å². The molecule has 0 saturated heterocycles. The molecule has 0 aliphatic heterocycles. The minimum atomic E-state index is -1.18. The first-order valence-electron chi connectivity index (χ1n) is 6.49. The van der Waals surface area contributed by atoms with Crippen LogP contribution in [0.4, 0.5) is 11.4 Å². The van der Waals surface area contributed by atoms with E-state index in [1.54, 1.807) is 6.92 Å². The molecule has 120 valence electrons. The number of hydrogen-bond donors (Lipinski definition) is 2. The number of nitro groups is 1. The van der Waals surface area contributed by atoms with Gasteiger partial charge in [-0.05, 0) is 19.4 Å². The zero-order valence-corrected chi connectivity index (χ0v) is 13.2. The number of azo groups is 1. The summed E-state index contributed by atoms with van der Waals surface area (Å²) in [7, 11) is 0. The monoisotopic (exact) mass is 356 g/mol.